The van der Waals surface area contributed by atoms with Crippen LogP contribution in [0, 0.1) is 6.92 Å². The molecule has 1 saturated heterocycles. The Bertz CT molecular complexity index is 266. The summed E-state index contributed by atoms with van der Waals surface area (Å²) >= 11 is 0. The molecule has 3 nitrogen and oxygen atoms in total. The SMILES string of the molecule is Cc1ccnc(C2CCNC2)n1. The summed E-state index contributed by atoms with van der Waals surface area (Å²) in [4.78, 5) is 8.67. The summed E-state index contributed by atoms with van der Waals surface area (Å²) in [5, 5.41) is 3.31. The predicted molar refractivity (Wildman–Crippen MR) is 47.0 cm³/mol. The lowest BCUT2D eigenvalue weighted by molar-refractivity contribution is 0.697. The minimum absolute atomic E-state index is 0.532. The maximum absolute atomic E-state index is 4.40. The van der Waals surface area contributed by atoms with Crippen molar-refractivity contribution in [2.75, 3.05) is 13.1 Å². The third kappa shape index (κ3) is 1.46. The van der Waals surface area contributed by atoms with Crippen LogP contribution in [0.4, 0.5) is 0 Å². The van der Waals surface area contributed by atoms with Crippen molar-refractivity contribution in [2.24, 2.45) is 0 Å². The molecule has 0 aromatic carbocycles. The van der Waals surface area contributed by atoms with Gasteiger partial charge in [0.1, 0.15) is 5.82 Å². The summed E-state index contributed by atoms with van der Waals surface area (Å²) in [5.74, 6) is 1.53. The van der Waals surface area contributed by atoms with E-state index < -0.39 is 0 Å². The molecule has 1 aromatic rings. The van der Waals surface area contributed by atoms with Crippen LogP contribution in [-0.2, 0) is 0 Å². The van der Waals surface area contributed by atoms with E-state index in [0.29, 0.717) is 5.92 Å². The summed E-state index contributed by atoms with van der Waals surface area (Å²) in [6.07, 6.45) is 3.01. The molecule has 2 heterocycles. The van der Waals surface area contributed by atoms with E-state index in [1.165, 1.54) is 6.42 Å². The van der Waals surface area contributed by atoms with Gasteiger partial charge >= 0.3 is 0 Å². The zero-order valence-electron chi connectivity index (χ0n) is 7.25. The van der Waals surface area contributed by atoms with Gasteiger partial charge in [0, 0.05) is 24.4 Å². The Kier molecular flexibility index (Phi) is 2.04. The maximum Gasteiger partial charge on any atom is 0.132 e. The first kappa shape index (κ1) is 7.68. The number of aromatic nitrogens is 2. The van der Waals surface area contributed by atoms with Crippen molar-refractivity contribution in [3.05, 3.63) is 23.8 Å². The van der Waals surface area contributed by atoms with Crippen molar-refractivity contribution in [1.82, 2.24) is 15.3 Å². The molecule has 0 aliphatic carbocycles. The van der Waals surface area contributed by atoms with E-state index in [9.17, 15) is 0 Å². The second kappa shape index (κ2) is 3.19. The Balaban J connectivity index is 2.21. The number of hydrogen-bond acceptors (Lipinski definition) is 3. The topological polar surface area (TPSA) is 37.8 Å². The molecule has 2 rings (SSSR count). The molecule has 0 radical (unpaired) electrons. The molecule has 1 aliphatic heterocycles. The van der Waals surface area contributed by atoms with Gasteiger partial charge in [0.05, 0.1) is 0 Å². The standard InChI is InChI=1S/C9H13N3/c1-7-2-5-11-9(12-7)8-3-4-10-6-8/h2,5,8,10H,3-4,6H2,1H3. The van der Waals surface area contributed by atoms with Crippen LogP contribution in [0.3, 0.4) is 0 Å². The molecule has 0 amide bonds. The van der Waals surface area contributed by atoms with Gasteiger partial charge in [-0.3, -0.25) is 0 Å². The molecule has 1 aromatic heterocycles. The molecule has 64 valence electrons. The Morgan fingerprint density at radius 2 is 2.50 bits per heavy atom. The van der Waals surface area contributed by atoms with Crippen LogP contribution >= 0.6 is 0 Å². The van der Waals surface area contributed by atoms with Gasteiger partial charge in [-0.05, 0) is 26.0 Å². The van der Waals surface area contributed by atoms with Gasteiger partial charge in [-0.15, -0.1) is 0 Å². The highest BCUT2D eigenvalue weighted by atomic mass is 15.0. The normalized spacial score (nSPS) is 22.9. The van der Waals surface area contributed by atoms with Crippen LogP contribution in [0.5, 0.6) is 0 Å². The highest BCUT2D eigenvalue weighted by Gasteiger charge is 2.18. The Hall–Kier alpha value is -0.960. The number of hydrogen-bond donors (Lipinski definition) is 1. The van der Waals surface area contributed by atoms with Crippen molar-refractivity contribution in [1.29, 1.82) is 0 Å². The lowest BCUT2D eigenvalue weighted by Gasteiger charge is -2.05. The summed E-state index contributed by atoms with van der Waals surface area (Å²) in [5.41, 5.74) is 1.06. The van der Waals surface area contributed by atoms with Gasteiger partial charge in [-0.25, -0.2) is 9.97 Å². The molecule has 1 fully saturated rings. The molecular weight excluding hydrogens is 150 g/mol. The third-order valence-electron chi connectivity index (χ3n) is 2.24. The number of nitrogens with one attached hydrogen (secondary N) is 1. The quantitative estimate of drug-likeness (QED) is 0.667. The molecule has 3 heteroatoms. The minimum Gasteiger partial charge on any atom is -0.316 e. The Labute approximate surface area is 72.2 Å². The third-order valence-corrected chi connectivity index (χ3v) is 2.24. The van der Waals surface area contributed by atoms with Crippen molar-refractivity contribution in [2.45, 2.75) is 19.3 Å². The van der Waals surface area contributed by atoms with Crippen molar-refractivity contribution in [3.63, 3.8) is 0 Å². The molecule has 0 spiro atoms. The van der Waals surface area contributed by atoms with Crippen molar-refractivity contribution in [3.8, 4) is 0 Å². The monoisotopic (exact) mass is 163 g/mol. The number of nitrogens with zero attached hydrogens (tertiary/aromatic N) is 2. The zero-order chi connectivity index (χ0) is 8.39. The molecule has 1 unspecified atom stereocenters. The average Bonchev–Trinajstić information content (AvgIpc) is 2.56. The largest absolute Gasteiger partial charge is 0.316 e. The van der Waals surface area contributed by atoms with E-state index in [1.54, 1.807) is 0 Å². The van der Waals surface area contributed by atoms with E-state index in [4.69, 9.17) is 0 Å². The van der Waals surface area contributed by atoms with E-state index in [-0.39, 0.29) is 0 Å². The first-order valence-electron chi connectivity index (χ1n) is 4.36. The van der Waals surface area contributed by atoms with Gasteiger partial charge in [0.25, 0.3) is 0 Å². The van der Waals surface area contributed by atoms with E-state index in [1.807, 2.05) is 19.2 Å². The Morgan fingerprint density at radius 1 is 1.58 bits per heavy atom. The van der Waals surface area contributed by atoms with Crippen LogP contribution in [-0.4, -0.2) is 23.1 Å². The fourth-order valence-electron chi connectivity index (χ4n) is 1.54. The second-order valence-corrected chi connectivity index (χ2v) is 3.25. The Morgan fingerprint density at radius 3 is 3.17 bits per heavy atom. The van der Waals surface area contributed by atoms with Crippen LogP contribution in [0.15, 0.2) is 12.3 Å². The average molecular weight is 163 g/mol. The van der Waals surface area contributed by atoms with Gasteiger partial charge < -0.3 is 5.32 Å². The molecule has 1 aliphatic rings. The second-order valence-electron chi connectivity index (χ2n) is 3.25. The van der Waals surface area contributed by atoms with Gasteiger partial charge in [0.2, 0.25) is 0 Å². The minimum atomic E-state index is 0.532. The summed E-state index contributed by atoms with van der Waals surface area (Å²) in [7, 11) is 0. The first-order chi connectivity index (χ1) is 5.86. The first-order valence-corrected chi connectivity index (χ1v) is 4.36. The maximum atomic E-state index is 4.40. The number of rotatable bonds is 1. The van der Waals surface area contributed by atoms with Crippen LogP contribution in [0.1, 0.15) is 23.9 Å². The molecule has 1 atom stereocenters. The summed E-state index contributed by atoms with van der Waals surface area (Å²) < 4.78 is 0. The van der Waals surface area contributed by atoms with E-state index in [0.717, 1.165) is 24.6 Å². The summed E-state index contributed by atoms with van der Waals surface area (Å²) in [6, 6.07) is 1.94. The van der Waals surface area contributed by atoms with Crippen LogP contribution < -0.4 is 5.32 Å². The molecule has 1 N–H and O–H groups in total. The van der Waals surface area contributed by atoms with Crippen LogP contribution in [0.25, 0.3) is 0 Å². The predicted octanol–water partition coefficient (Wildman–Crippen LogP) is 0.862. The van der Waals surface area contributed by atoms with Gasteiger partial charge in [-0.1, -0.05) is 0 Å². The smallest absolute Gasteiger partial charge is 0.132 e. The van der Waals surface area contributed by atoms with Crippen molar-refractivity contribution >= 4 is 0 Å². The highest BCUT2D eigenvalue weighted by molar-refractivity contribution is 5.05. The molecular formula is C9H13N3. The van der Waals surface area contributed by atoms with Crippen LogP contribution in [0.2, 0.25) is 0 Å². The van der Waals surface area contributed by atoms with E-state index >= 15 is 0 Å². The van der Waals surface area contributed by atoms with Crippen molar-refractivity contribution < 1.29 is 0 Å². The van der Waals surface area contributed by atoms with Gasteiger partial charge in [-0.2, -0.15) is 0 Å². The molecule has 12 heavy (non-hydrogen) atoms. The molecule has 0 bridgehead atoms. The number of aryl methyl sites for hydroxylation is 1. The summed E-state index contributed by atoms with van der Waals surface area (Å²) in [6.45, 7) is 4.14. The lowest BCUT2D eigenvalue weighted by atomic mass is 10.1. The fraction of sp³-hybridized carbons (Fsp3) is 0.556. The van der Waals surface area contributed by atoms with Gasteiger partial charge in [0.15, 0.2) is 0 Å². The highest BCUT2D eigenvalue weighted by Crippen LogP contribution is 2.17. The lowest BCUT2D eigenvalue weighted by Crippen LogP contribution is -2.10. The van der Waals surface area contributed by atoms with E-state index in [2.05, 4.69) is 15.3 Å². The fourth-order valence-corrected chi connectivity index (χ4v) is 1.54. The zero-order valence-corrected chi connectivity index (χ0v) is 7.25. The molecule has 0 saturated carbocycles.